The number of hydrogen-bond acceptors (Lipinski definition) is 1. The van der Waals surface area contributed by atoms with Crippen molar-refractivity contribution in [1.82, 2.24) is 0 Å². The molecule has 1 nitrogen and oxygen atoms in total. The predicted molar refractivity (Wildman–Crippen MR) is 83.1 cm³/mol. The summed E-state index contributed by atoms with van der Waals surface area (Å²) in [5, 5.41) is 2.21. The van der Waals surface area contributed by atoms with Gasteiger partial charge in [-0.1, -0.05) is 42.5 Å². The molecule has 21 heavy (non-hydrogen) atoms. The number of Topliss-reactive ketones (excluding diaryl/α,β-unsaturated/α-hetero) is 1. The van der Waals surface area contributed by atoms with Crippen molar-refractivity contribution < 1.29 is 9.18 Å². The van der Waals surface area contributed by atoms with E-state index < -0.39 is 0 Å². The van der Waals surface area contributed by atoms with Crippen molar-refractivity contribution in [3.05, 3.63) is 83.2 Å². The van der Waals surface area contributed by atoms with Gasteiger partial charge in [-0.3, -0.25) is 4.79 Å². The molecule has 104 valence electrons. The number of fused-ring (bicyclic) bond motifs is 1. The second kappa shape index (κ2) is 5.49. The molecule has 0 atom stereocenters. The average Bonchev–Trinajstić information content (AvgIpc) is 2.47. The molecule has 0 radical (unpaired) electrons. The molecule has 0 saturated heterocycles. The Morgan fingerprint density at radius 2 is 1.76 bits per heavy atom. The van der Waals surface area contributed by atoms with Gasteiger partial charge < -0.3 is 0 Å². The van der Waals surface area contributed by atoms with Crippen LogP contribution in [0.4, 0.5) is 4.39 Å². The van der Waals surface area contributed by atoms with Crippen LogP contribution in [0.5, 0.6) is 0 Å². The maximum absolute atomic E-state index is 13.1. The van der Waals surface area contributed by atoms with Gasteiger partial charge in [0, 0.05) is 12.0 Å². The molecule has 0 heterocycles. The van der Waals surface area contributed by atoms with E-state index in [9.17, 15) is 9.18 Å². The number of aryl methyl sites for hydroxylation is 1. The van der Waals surface area contributed by atoms with E-state index in [2.05, 4.69) is 0 Å². The zero-order chi connectivity index (χ0) is 14.8. The molecule has 0 aliphatic carbocycles. The Balaban J connectivity index is 1.97. The van der Waals surface area contributed by atoms with Gasteiger partial charge in [-0.25, -0.2) is 4.39 Å². The fraction of sp³-hybridized carbons (Fsp3) is 0.105. The lowest BCUT2D eigenvalue weighted by atomic mass is 9.96. The minimum atomic E-state index is -0.311. The van der Waals surface area contributed by atoms with E-state index in [1.54, 1.807) is 13.0 Å². The summed E-state index contributed by atoms with van der Waals surface area (Å²) in [6.45, 7) is 1.76. The second-order valence-corrected chi connectivity index (χ2v) is 5.20. The minimum absolute atomic E-state index is 0.0175. The van der Waals surface area contributed by atoms with Crippen molar-refractivity contribution in [2.45, 2.75) is 13.3 Å². The summed E-state index contributed by atoms with van der Waals surface area (Å²) < 4.78 is 13.1. The van der Waals surface area contributed by atoms with Gasteiger partial charge >= 0.3 is 0 Å². The van der Waals surface area contributed by atoms with Crippen molar-refractivity contribution in [3.8, 4) is 0 Å². The lowest BCUT2D eigenvalue weighted by molar-refractivity contribution is 0.0992. The Morgan fingerprint density at radius 3 is 2.57 bits per heavy atom. The molecular formula is C19H15FO. The molecule has 3 aromatic rings. The van der Waals surface area contributed by atoms with Gasteiger partial charge in [0.15, 0.2) is 5.78 Å². The maximum atomic E-state index is 13.1. The zero-order valence-electron chi connectivity index (χ0n) is 11.8. The number of carbonyl (C=O) groups excluding carboxylic acids is 1. The van der Waals surface area contributed by atoms with Gasteiger partial charge in [-0.05, 0) is 47.0 Å². The van der Waals surface area contributed by atoms with E-state index >= 15 is 0 Å². The minimum Gasteiger partial charge on any atom is -0.294 e. The quantitative estimate of drug-likeness (QED) is 0.634. The van der Waals surface area contributed by atoms with Gasteiger partial charge in [-0.15, -0.1) is 0 Å². The topological polar surface area (TPSA) is 17.1 Å². The fourth-order valence-electron chi connectivity index (χ4n) is 2.65. The van der Waals surface area contributed by atoms with Gasteiger partial charge in [0.1, 0.15) is 5.82 Å². The first-order valence-electron chi connectivity index (χ1n) is 6.91. The number of hydrogen-bond donors (Lipinski definition) is 0. The molecule has 0 aromatic heterocycles. The second-order valence-electron chi connectivity index (χ2n) is 5.20. The van der Waals surface area contributed by atoms with Crippen LogP contribution >= 0.6 is 0 Å². The third-order valence-electron chi connectivity index (χ3n) is 3.72. The highest BCUT2D eigenvalue weighted by molar-refractivity contribution is 6.01. The lowest BCUT2D eigenvalue weighted by Gasteiger charge is -2.08. The highest BCUT2D eigenvalue weighted by Crippen LogP contribution is 2.21. The Morgan fingerprint density at radius 1 is 1.00 bits per heavy atom. The molecule has 2 heteroatoms. The normalized spacial score (nSPS) is 10.8. The van der Waals surface area contributed by atoms with Gasteiger partial charge in [0.2, 0.25) is 0 Å². The molecule has 3 rings (SSSR count). The first-order chi connectivity index (χ1) is 10.1. The van der Waals surface area contributed by atoms with Gasteiger partial charge in [-0.2, -0.15) is 0 Å². The van der Waals surface area contributed by atoms with Crippen LogP contribution in [0, 0.1) is 12.7 Å². The van der Waals surface area contributed by atoms with Crippen LogP contribution in [-0.4, -0.2) is 5.78 Å². The van der Waals surface area contributed by atoms with E-state index in [1.807, 2.05) is 42.5 Å². The van der Waals surface area contributed by atoms with Crippen LogP contribution in [0.2, 0.25) is 0 Å². The van der Waals surface area contributed by atoms with Gasteiger partial charge in [0.25, 0.3) is 0 Å². The molecule has 0 amide bonds. The Hall–Kier alpha value is -2.48. The molecule has 0 aliphatic rings. The first kappa shape index (κ1) is 13.5. The predicted octanol–water partition coefficient (Wildman–Crippen LogP) is 4.71. The average molecular weight is 278 g/mol. The third kappa shape index (κ3) is 2.70. The summed E-state index contributed by atoms with van der Waals surface area (Å²) >= 11 is 0. The molecule has 3 aromatic carbocycles. The maximum Gasteiger partial charge on any atom is 0.167 e. The molecule has 0 N–H and O–H groups in total. The van der Waals surface area contributed by atoms with Crippen LogP contribution < -0.4 is 0 Å². The number of benzene rings is 3. The number of rotatable bonds is 3. The Labute approximate surface area is 123 Å². The number of halogens is 1. The lowest BCUT2D eigenvalue weighted by Crippen LogP contribution is -2.06. The highest BCUT2D eigenvalue weighted by atomic mass is 19.1. The molecule has 0 fully saturated rings. The highest BCUT2D eigenvalue weighted by Gasteiger charge is 2.12. The van der Waals surface area contributed by atoms with Crippen molar-refractivity contribution >= 4 is 16.6 Å². The van der Waals surface area contributed by atoms with E-state index in [0.29, 0.717) is 17.5 Å². The summed E-state index contributed by atoms with van der Waals surface area (Å²) in [6.07, 6.45) is 0.327. The van der Waals surface area contributed by atoms with Crippen molar-refractivity contribution in [2.24, 2.45) is 0 Å². The standard InChI is InChI=1S/C19H15FO/c1-13-11-16(20)9-10-17(13)19(21)12-15-7-4-6-14-5-2-3-8-18(14)15/h2-11H,12H2,1H3. The summed E-state index contributed by atoms with van der Waals surface area (Å²) in [7, 11) is 0. The van der Waals surface area contributed by atoms with E-state index in [4.69, 9.17) is 0 Å². The molecular weight excluding hydrogens is 263 g/mol. The van der Waals surface area contributed by atoms with E-state index in [1.165, 1.54) is 12.1 Å². The molecule has 0 saturated carbocycles. The van der Waals surface area contributed by atoms with Crippen LogP contribution in [0.3, 0.4) is 0 Å². The molecule has 0 unspecified atom stereocenters. The Bertz CT molecular complexity index is 815. The third-order valence-corrected chi connectivity index (χ3v) is 3.72. The molecule has 0 spiro atoms. The summed E-state index contributed by atoms with van der Waals surface area (Å²) in [5.41, 5.74) is 2.27. The zero-order valence-corrected chi connectivity index (χ0v) is 11.8. The number of carbonyl (C=O) groups is 1. The van der Waals surface area contributed by atoms with Gasteiger partial charge in [0.05, 0.1) is 0 Å². The van der Waals surface area contributed by atoms with Crippen molar-refractivity contribution in [3.63, 3.8) is 0 Å². The Kier molecular flexibility index (Phi) is 3.53. The monoisotopic (exact) mass is 278 g/mol. The number of ketones is 1. The van der Waals surface area contributed by atoms with E-state index in [0.717, 1.165) is 16.3 Å². The van der Waals surface area contributed by atoms with Crippen LogP contribution in [-0.2, 0) is 6.42 Å². The van der Waals surface area contributed by atoms with Crippen molar-refractivity contribution in [1.29, 1.82) is 0 Å². The van der Waals surface area contributed by atoms with E-state index in [-0.39, 0.29) is 11.6 Å². The largest absolute Gasteiger partial charge is 0.294 e. The van der Waals surface area contributed by atoms with Crippen LogP contribution in [0.25, 0.3) is 10.8 Å². The summed E-state index contributed by atoms with van der Waals surface area (Å²) in [4.78, 5) is 12.5. The fourth-order valence-corrected chi connectivity index (χ4v) is 2.65. The summed E-state index contributed by atoms with van der Waals surface area (Å²) in [5.74, 6) is -0.293. The van der Waals surface area contributed by atoms with Crippen LogP contribution in [0.15, 0.2) is 60.7 Å². The SMILES string of the molecule is Cc1cc(F)ccc1C(=O)Cc1cccc2ccccc12. The van der Waals surface area contributed by atoms with Crippen molar-refractivity contribution in [2.75, 3.05) is 0 Å². The first-order valence-corrected chi connectivity index (χ1v) is 6.91. The molecule has 0 bridgehead atoms. The molecule has 0 aliphatic heterocycles. The van der Waals surface area contributed by atoms with Crippen LogP contribution in [0.1, 0.15) is 21.5 Å². The smallest absolute Gasteiger partial charge is 0.167 e. The summed E-state index contributed by atoms with van der Waals surface area (Å²) in [6, 6.07) is 18.3.